The molecule has 0 aromatic carbocycles. The Bertz CT molecular complexity index is 445. The average molecular weight is 231 g/mol. The van der Waals surface area contributed by atoms with Crippen LogP contribution >= 0.6 is 0 Å². The summed E-state index contributed by atoms with van der Waals surface area (Å²) in [4.78, 5) is 29.6. The molecule has 0 unspecified atom stereocenters. The highest BCUT2D eigenvalue weighted by molar-refractivity contribution is 6.21. The van der Waals surface area contributed by atoms with E-state index in [0.717, 1.165) is 25.9 Å². The molecule has 0 aliphatic carbocycles. The summed E-state index contributed by atoms with van der Waals surface area (Å²) in [5.74, 6) is -0.357. The van der Waals surface area contributed by atoms with E-state index in [1.807, 2.05) is 0 Å². The Morgan fingerprint density at radius 2 is 1.88 bits per heavy atom. The third kappa shape index (κ3) is 1.54. The Balaban J connectivity index is 1.94. The van der Waals surface area contributed by atoms with Gasteiger partial charge in [0.1, 0.15) is 0 Å². The molecule has 88 valence electrons. The normalized spacial score (nSPS) is 20.8. The molecule has 5 heteroatoms. The Morgan fingerprint density at radius 1 is 1.18 bits per heavy atom. The molecule has 3 rings (SSSR count). The predicted octanol–water partition coefficient (Wildman–Crippen LogP) is 0.430. The highest BCUT2D eigenvalue weighted by Gasteiger charge is 2.40. The maximum atomic E-state index is 12.2. The molecule has 2 aliphatic rings. The molecule has 0 bridgehead atoms. The van der Waals surface area contributed by atoms with Crippen LogP contribution in [0.3, 0.4) is 0 Å². The van der Waals surface area contributed by atoms with Gasteiger partial charge in [0.2, 0.25) is 0 Å². The maximum Gasteiger partial charge on any atom is 0.263 e. The Labute approximate surface area is 98.8 Å². The second-order valence-electron chi connectivity index (χ2n) is 4.38. The fourth-order valence-electron chi connectivity index (χ4n) is 2.50. The minimum absolute atomic E-state index is 0.0312. The van der Waals surface area contributed by atoms with Gasteiger partial charge in [0.05, 0.1) is 11.1 Å². The smallest absolute Gasteiger partial charge is 0.263 e. The number of piperidine rings is 1. The number of nitrogens with zero attached hydrogens (tertiary/aromatic N) is 2. The summed E-state index contributed by atoms with van der Waals surface area (Å²) in [5.41, 5.74) is 0.930. The van der Waals surface area contributed by atoms with Gasteiger partial charge in [-0.15, -0.1) is 0 Å². The van der Waals surface area contributed by atoms with Crippen molar-refractivity contribution in [3.8, 4) is 0 Å². The molecule has 5 nitrogen and oxygen atoms in total. The van der Waals surface area contributed by atoms with Crippen LogP contribution in [0.25, 0.3) is 0 Å². The van der Waals surface area contributed by atoms with Crippen LogP contribution < -0.4 is 5.32 Å². The van der Waals surface area contributed by atoms with Crippen molar-refractivity contribution >= 4 is 11.8 Å². The molecule has 1 saturated heterocycles. The lowest BCUT2D eigenvalue weighted by Gasteiger charge is -2.29. The molecule has 0 atom stereocenters. The maximum absolute atomic E-state index is 12.2. The summed E-state index contributed by atoms with van der Waals surface area (Å²) >= 11 is 0. The van der Waals surface area contributed by atoms with Crippen LogP contribution in [0.4, 0.5) is 0 Å². The number of hydrogen-bond donors (Lipinski definition) is 1. The number of carbonyl (C=O) groups excluding carboxylic acids is 2. The quantitative estimate of drug-likeness (QED) is 0.712. The molecule has 0 saturated carbocycles. The second-order valence-corrected chi connectivity index (χ2v) is 4.38. The molecule has 1 aromatic heterocycles. The Kier molecular flexibility index (Phi) is 2.40. The first-order valence-electron chi connectivity index (χ1n) is 5.81. The highest BCUT2D eigenvalue weighted by atomic mass is 16.2. The zero-order valence-corrected chi connectivity index (χ0v) is 9.35. The number of carbonyl (C=O) groups is 2. The minimum Gasteiger partial charge on any atom is -0.317 e. The summed E-state index contributed by atoms with van der Waals surface area (Å²) in [5, 5.41) is 3.23. The van der Waals surface area contributed by atoms with Gasteiger partial charge in [-0.25, -0.2) is 0 Å². The minimum atomic E-state index is -0.190. The summed E-state index contributed by atoms with van der Waals surface area (Å²) in [7, 11) is 0. The van der Waals surface area contributed by atoms with Gasteiger partial charge in [0, 0.05) is 18.4 Å². The van der Waals surface area contributed by atoms with Crippen molar-refractivity contribution in [3.63, 3.8) is 0 Å². The summed E-state index contributed by atoms with van der Waals surface area (Å²) in [6.07, 6.45) is 4.70. The summed E-state index contributed by atoms with van der Waals surface area (Å²) in [6.45, 7) is 1.71. The van der Waals surface area contributed by atoms with Gasteiger partial charge in [0.25, 0.3) is 11.8 Å². The lowest BCUT2D eigenvalue weighted by molar-refractivity contribution is 0.0556. The summed E-state index contributed by atoms with van der Waals surface area (Å²) < 4.78 is 0. The molecule has 1 N–H and O–H groups in total. The van der Waals surface area contributed by atoms with Gasteiger partial charge < -0.3 is 5.32 Å². The van der Waals surface area contributed by atoms with Gasteiger partial charge in [0.15, 0.2) is 0 Å². The first-order valence-corrected chi connectivity index (χ1v) is 5.81. The molecule has 1 aromatic rings. The van der Waals surface area contributed by atoms with E-state index in [0.29, 0.717) is 11.1 Å². The van der Waals surface area contributed by atoms with Gasteiger partial charge in [-0.2, -0.15) is 0 Å². The fraction of sp³-hybridized carbons (Fsp3) is 0.417. The molecular weight excluding hydrogens is 218 g/mol. The number of amides is 2. The van der Waals surface area contributed by atoms with Crippen molar-refractivity contribution in [2.45, 2.75) is 18.9 Å². The number of imide groups is 1. The predicted molar refractivity (Wildman–Crippen MR) is 60.6 cm³/mol. The van der Waals surface area contributed by atoms with Crippen LogP contribution in [-0.2, 0) is 0 Å². The van der Waals surface area contributed by atoms with Gasteiger partial charge in [-0.1, -0.05) is 0 Å². The largest absolute Gasteiger partial charge is 0.317 e. The average Bonchev–Trinajstić information content (AvgIpc) is 2.64. The molecular formula is C12H13N3O2. The van der Waals surface area contributed by atoms with Crippen molar-refractivity contribution in [3.05, 3.63) is 29.6 Å². The number of fused-ring (bicyclic) bond motifs is 1. The molecule has 0 spiro atoms. The molecule has 1 fully saturated rings. The molecule has 3 heterocycles. The van der Waals surface area contributed by atoms with E-state index >= 15 is 0 Å². The van der Waals surface area contributed by atoms with Crippen LogP contribution in [0.1, 0.15) is 33.6 Å². The zero-order chi connectivity index (χ0) is 11.8. The molecule has 2 aliphatic heterocycles. The van der Waals surface area contributed by atoms with Crippen LogP contribution in [0, 0.1) is 0 Å². The number of aromatic nitrogens is 1. The van der Waals surface area contributed by atoms with Gasteiger partial charge in [-0.3, -0.25) is 19.5 Å². The topological polar surface area (TPSA) is 62.3 Å². The van der Waals surface area contributed by atoms with E-state index in [9.17, 15) is 9.59 Å². The van der Waals surface area contributed by atoms with E-state index in [1.54, 1.807) is 12.3 Å². The Hall–Kier alpha value is -1.75. The van der Waals surface area contributed by atoms with E-state index in [-0.39, 0.29) is 17.9 Å². The van der Waals surface area contributed by atoms with E-state index < -0.39 is 0 Å². The van der Waals surface area contributed by atoms with Crippen molar-refractivity contribution in [2.24, 2.45) is 0 Å². The number of nitrogens with one attached hydrogen (secondary N) is 1. The first kappa shape index (κ1) is 10.4. The third-order valence-corrected chi connectivity index (χ3v) is 3.39. The lowest BCUT2D eigenvalue weighted by atomic mass is 10.1. The zero-order valence-electron chi connectivity index (χ0n) is 9.35. The second kappa shape index (κ2) is 3.92. The third-order valence-electron chi connectivity index (χ3n) is 3.39. The van der Waals surface area contributed by atoms with E-state index in [4.69, 9.17) is 0 Å². The van der Waals surface area contributed by atoms with Crippen LogP contribution in [0.15, 0.2) is 18.5 Å². The van der Waals surface area contributed by atoms with Crippen LogP contribution in [0.2, 0.25) is 0 Å². The van der Waals surface area contributed by atoms with Gasteiger partial charge in [-0.05, 0) is 32.0 Å². The standard InChI is InChI=1S/C12H13N3O2/c16-11-9-3-6-14-7-10(9)12(17)15(11)8-1-4-13-5-2-8/h3,6-8,13H,1-2,4-5H2. The number of hydrogen-bond acceptors (Lipinski definition) is 4. The monoisotopic (exact) mass is 231 g/mol. The molecule has 0 radical (unpaired) electrons. The molecule has 2 amide bonds. The number of pyridine rings is 1. The van der Waals surface area contributed by atoms with Crippen LogP contribution in [-0.4, -0.2) is 40.8 Å². The number of rotatable bonds is 1. The highest BCUT2D eigenvalue weighted by Crippen LogP contribution is 2.26. The van der Waals surface area contributed by atoms with Crippen molar-refractivity contribution in [1.82, 2.24) is 15.2 Å². The van der Waals surface area contributed by atoms with E-state index in [2.05, 4.69) is 10.3 Å². The molecule has 17 heavy (non-hydrogen) atoms. The lowest BCUT2D eigenvalue weighted by Crippen LogP contribution is -2.45. The first-order chi connectivity index (χ1) is 8.29. The van der Waals surface area contributed by atoms with Crippen LogP contribution in [0.5, 0.6) is 0 Å². The van der Waals surface area contributed by atoms with Crippen molar-refractivity contribution in [1.29, 1.82) is 0 Å². The van der Waals surface area contributed by atoms with Gasteiger partial charge >= 0.3 is 0 Å². The van der Waals surface area contributed by atoms with Crippen molar-refractivity contribution < 1.29 is 9.59 Å². The fourth-order valence-corrected chi connectivity index (χ4v) is 2.50. The Morgan fingerprint density at radius 3 is 2.59 bits per heavy atom. The SMILES string of the molecule is O=C1c2ccncc2C(=O)N1C1CCNCC1. The summed E-state index contributed by atoms with van der Waals surface area (Å²) in [6, 6.07) is 1.65. The van der Waals surface area contributed by atoms with E-state index in [1.165, 1.54) is 11.1 Å². The van der Waals surface area contributed by atoms with Crippen molar-refractivity contribution in [2.75, 3.05) is 13.1 Å².